The van der Waals surface area contributed by atoms with E-state index in [1.54, 1.807) is 0 Å². The highest BCUT2D eigenvalue weighted by atomic mass is 19.4. The van der Waals surface area contributed by atoms with Crippen LogP contribution in [-0.2, 0) is 4.79 Å². The summed E-state index contributed by atoms with van der Waals surface area (Å²) >= 11 is 0. The van der Waals surface area contributed by atoms with Crippen LogP contribution in [-0.4, -0.2) is 18.1 Å². The number of carbonyl (C=O) groups is 1. The van der Waals surface area contributed by atoms with Crippen molar-refractivity contribution in [1.82, 2.24) is 5.32 Å². The summed E-state index contributed by atoms with van der Waals surface area (Å²) in [6.45, 7) is 7.05. The van der Waals surface area contributed by atoms with Gasteiger partial charge in [-0.1, -0.05) is 72.1 Å². The number of halogens is 3. The molecule has 0 saturated heterocycles. The molecule has 0 rings (SSSR count). The Morgan fingerprint density at radius 1 is 0.913 bits per heavy atom. The average Bonchev–Trinajstić information content (AvgIpc) is 2.47. The van der Waals surface area contributed by atoms with Crippen LogP contribution in [0.1, 0.15) is 91.9 Å². The molecule has 0 aliphatic rings. The van der Waals surface area contributed by atoms with Gasteiger partial charge in [-0.3, -0.25) is 4.79 Å². The Labute approximate surface area is 139 Å². The Kier molecular flexibility index (Phi) is 10.6. The summed E-state index contributed by atoms with van der Waals surface area (Å²) in [6, 6.07) is -1.79. The molecule has 0 aromatic rings. The fourth-order valence-corrected chi connectivity index (χ4v) is 2.69. The van der Waals surface area contributed by atoms with E-state index in [-0.39, 0.29) is 0 Å². The number of nitrogens with one attached hydrogen (secondary N) is 1. The molecule has 0 unspecified atom stereocenters. The van der Waals surface area contributed by atoms with Gasteiger partial charge < -0.3 is 5.32 Å². The molecule has 0 radical (unpaired) electrons. The van der Waals surface area contributed by atoms with Gasteiger partial charge in [0, 0.05) is 5.41 Å². The second-order valence-corrected chi connectivity index (χ2v) is 6.92. The molecule has 0 aliphatic carbocycles. The molecule has 0 bridgehead atoms. The highest BCUT2D eigenvalue weighted by Crippen LogP contribution is 2.32. The molecule has 1 amide bonds. The summed E-state index contributed by atoms with van der Waals surface area (Å²) in [4.78, 5) is 12.4. The van der Waals surface area contributed by atoms with Crippen LogP contribution in [0.4, 0.5) is 13.2 Å². The molecule has 0 fully saturated rings. The van der Waals surface area contributed by atoms with Crippen LogP contribution in [0.2, 0.25) is 0 Å². The summed E-state index contributed by atoms with van der Waals surface area (Å²) in [6.07, 6.45) is 5.20. The summed E-state index contributed by atoms with van der Waals surface area (Å²) in [5, 5.41) is 2.18. The Hall–Kier alpha value is -0.740. The lowest BCUT2D eigenvalue weighted by molar-refractivity contribution is -0.161. The first-order chi connectivity index (χ1) is 10.7. The van der Waals surface area contributed by atoms with E-state index >= 15 is 0 Å². The number of unbranched alkanes of at least 4 members (excludes halogenated alkanes) is 6. The molecular weight excluding hydrogens is 303 g/mol. The summed E-state index contributed by atoms with van der Waals surface area (Å²) in [5.41, 5.74) is -0.693. The maximum absolute atomic E-state index is 12.7. The van der Waals surface area contributed by atoms with Gasteiger partial charge in [0.15, 0.2) is 0 Å². The predicted octanol–water partition coefficient (Wildman–Crippen LogP) is 6.00. The van der Waals surface area contributed by atoms with E-state index < -0.39 is 23.5 Å². The van der Waals surface area contributed by atoms with Crippen LogP contribution in [0.15, 0.2) is 0 Å². The minimum atomic E-state index is -4.39. The van der Waals surface area contributed by atoms with Crippen molar-refractivity contribution < 1.29 is 18.0 Å². The van der Waals surface area contributed by atoms with Crippen molar-refractivity contribution in [3.05, 3.63) is 0 Å². The minimum Gasteiger partial charge on any atom is -0.344 e. The quantitative estimate of drug-likeness (QED) is 0.435. The molecule has 1 atom stereocenters. The van der Waals surface area contributed by atoms with Gasteiger partial charge in [0.25, 0.3) is 0 Å². The fourth-order valence-electron chi connectivity index (χ4n) is 2.69. The Morgan fingerprint density at radius 2 is 1.35 bits per heavy atom. The Balaban J connectivity index is 4.69. The van der Waals surface area contributed by atoms with E-state index in [4.69, 9.17) is 0 Å². The zero-order chi connectivity index (χ0) is 17.9. The van der Waals surface area contributed by atoms with Gasteiger partial charge >= 0.3 is 6.18 Å². The number of rotatable bonds is 12. The molecule has 0 saturated carbocycles. The first-order valence-corrected chi connectivity index (χ1v) is 9.05. The van der Waals surface area contributed by atoms with E-state index in [0.717, 1.165) is 58.3 Å². The third-order valence-corrected chi connectivity index (χ3v) is 4.55. The minimum absolute atomic E-state index is 0.449. The molecule has 0 heterocycles. The van der Waals surface area contributed by atoms with E-state index in [9.17, 15) is 18.0 Å². The number of hydrogen-bond donors (Lipinski definition) is 1. The predicted molar refractivity (Wildman–Crippen MR) is 89.3 cm³/mol. The fraction of sp³-hybridized carbons (Fsp3) is 0.944. The molecule has 0 aromatic carbocycles. The monoisotopic (exact) mass is 337 g/mol. The molecule has 0 aromatic heterocycles. The second-order valence-electron chi connectivity index (χ2n) is 6.92. The molecule has 0 aliphatic heterocycles. The van der Waals surface area contributed by atoms with Crippen LogP contribution in [0.25, 0.3) is 0 Å². The smallest absolute Gasteiger partial charge is 0.344 e. The standard InChI is InChI=1S/C18H34F3NO/c1-5-7-9-11-13-17(4,14-12-10-8-6-2)16(23)22-15(3)18(19,20)21/h15H,5-14H2,1-4H3,(H,22,23)/t15-/m0/s1. The lowest BCUT2D eigenvalue weighted by Gasteiger charge is -2.31. The van der Waals surface area contributed by atoms with Gasteiger partial charge in [-0.15, -0.1) is 0 Å². The zero-order valence-electron chi connectivity index (χ0n) is 15.2. The van der Waals surface area contributed by atoms with Gasteiger partial charge in [0.2, 0.25) is 5.91 Å². The zero-order valence-corrected chi connectivity index (χ0v) is 15.2. The van der Waals surface area contributed by atoms with Gasteiger partial charge in [-0.25, -0.2) is 0 Å². The highest BCUT2D eigenvalue weighted by Gasteiger charge is 2.40. The van der Waals surface area contributed by atoms with Gasteiger partial charge in [0.05, 0.1) is 0 Å². The SMILES string of the molecule is CCCCCCC(C)(CCCCCC)C(=O)N[C@@H](C)C(F)(F)F. The van der Waals surface area contributed by atoms with Crippen molar-refractivity contribution >= 4 is 5.91 Å². The van der Waals surface area contributed by atoms with Gasteiger partial charge in [0.1, 0.15) is 6.04 Å². The molecule has 1 N–H and O–H groups in total. The van der Waals surface area contributed by atoms with E-state index in [0.29, 0.717) is 12.8 Å². The third-order valence-electron chi connectivity index (χ3n) is 4.55. The molecule has 5 heteroatoms. The van der Waals surface area contributed by atoms with Gasteiger partial charge in [-0.05, 0) is 19.8 Å². The van der Waals surface area contributed by atoms with Crippen LogP contribution in [0.3, 0.4) is 0 Å². The second kappa shape index (κ2) is 10.9. The maximum Gasteiger partial charge on any atom is 0.408 e. The van der Waals surface area contributed by atoms with Crippen LogP contribution in [0, 0.1) is 5.41 Å². The summed E-state index contributed by atoms with van der Waals surface area (Å²) in [5.74, 6) is -0.449. The number of alkyl halides is 3. The number of carbonyl (C=O) groups excluding carboxylic acids is 1. The van der Waals surface area contributed by atoms with Crippen LogP contribution in [0.5, 0.6) is 0 Å². The number of hydrogen-bond acceptors (Lipinski definition) is 1. The van der Waals surface area contributed by atoms with E-state index in [2.05, 4.69) is 19.2 Å². The first-order valence-electron chi connectivity index (χ1n) is 9.05. The van der Waals surface area contributed by atoms with Crippen molar-refractivity contribution in [2.24, 2.45) is 5.41 Å². The average molecular weight is 337 g/mol. The van der Waals surface area contributed by atoms with Crippen molar-refractivity contribution in [3.63, 3.8) is 0 Å². The largest absolute Gasteiger partial charge is 0.408 e. The van der Waals surface area contributed by atoms with Gasteiger partial charge in [-0.2, -0.15) is 13.2 Å². The van der Waals surface area contributed by atoms with E-state index in [1.807, 2.05) is 6.92 Å². The topological polar surface area (TPSA) is 29.1 Å². The van der Waals surface area contributed by atoms with E-state index in [1.165, 1.54) is 0 Å². The Bertz CT molecular complexity index is 317. The van der Waals surface area contributed by atoms with Crippen molar-refractivity contribution in [1.29, 1.82) is 0 Å². The highest BCUT2D eigenvalue weighted by molar-refractivity contribution is 5.82. The molecule has 0 spiro atoms. The molecule has 138 valence electrons. The van der Waals surface area contributed by atoms with Crippen molar-refractivity contribution in [3.8, 4) is 0 Å². The molecule has 2 nitrogen and oxygen atoms in total. The first kappa shape index (κ1) is 22.3. The van der Waals surface area contributed by atoms with Crippen LogP contribution >= 0.6 is 0 Å². The molecule has 23 heavy (non-hydrogen) atoms. The van der Waals surface area contributed by atoms with Crippen molar-refractivity contribution in [2.75, 3.05) is 0 Å². The summed E-state index contributed by atoms with van der Waals surface area (Å²) < 4.78 is 38.1. The lowest BCUT2D eigenvalue weighted by atomic mass is 9.78. The van der Waals surface area contributed by atoms with Crippen LogP contribution < -0.4 is 5.32 Å². The molecular formula is C18H34F3NO. The lowest BCUT2D eigenvalue weighted by Crippen LogP contribution is -2.49. The Morgan fingerprint density at radius 3 is 1.70 bits per heavy atom. The summed E-state index contributed by atoms with van der Waals surface area (Å²) in [7, 11) is 0. The maximum atomic E-state index is 12.7. The third kappa shape index (κ3) is 9.21. The van der Waals surface area contributed by atoms with Crippen molar-refractivity contribution in [2.45, 2.75) is 104 Å². The number of amides is 1. The normalized spacial score (nSPS) is 13.9.